The molecule has 3 fully saturated rings. The van der Waals surface area contributed by atoms with Crippen LogP contribution in [-0.4, -0.2) is 67.9 Å². The highest BCUT2D eigenvalue weighted by Gasteiger charge is 2.44. The summed E-state index contributed by atoms with van der Waals surface area (Å²) >= 11 is 0. The number of halogens is 3. The lowest BCUT2D eigenvalue weighted by molar-refractivity contribution is -0.192. The second-order valence-corrected chi connectivity index (χ2v) is 7.75. The van der Waals surface area contributed by atoms with Crippen LogP contribution in [0.1, 0.15) is 37.7 Å². The summed E-state index contributed by atoms with van der Waals surface area (Å²) in [6.07, 6.45) is 4.53. The molecule has 156 valence electrons. The van der Waals surface area contributed by atoms with Crippen LogP contribution < -0.4 is 0 Å². The zero-order valence-electron chi connectivity index (χ0n) is 15.7. The molecule has 0 unspecified atom stereocenters. The molecule has 2 atom stereocenters. The Bertz CT molecular complexity index is 717. The summed E-state index contributed by atoms with van der Waals surface area (Å²) in [6, 6.07) is 1.02. The summed E-state index contributed by atoms with van der Waals surface area (Å²) in [5, 5.41) is 11.4. The van der Waals surface area contributed by atoms with Crippen molar-refractivity contribution in [3.63, 3.8) is 0 Å². The van der Waals surface area contributed by atoms with Gasteiger partial charge in [0.05, 0.1) is 6.20 Å². The molecule has 28 heavy (non-hydrogen) atoms. The highest BCUT2D eigenvalue weighted by atomic mass is 19.4. The Hall–Kier alpha value is -2.10. The Balaban J connectivity index is 0.000000279. The van der Waals surface area contributed by atoms with E-state index in [1.54, 1.807) is 0 Å². The number of aryl methyl sites for hydroxylation is 1. The number of fused-ring (bicyclic) bond motifs is 1. The van der Waals surface area contributed by atoms with Gasteiger partial charge < -0.3 is 10.0 Å². The van der Waals surface area contributed by atoms with E-state index in [2.05, 4.69) is 21.1 Å². The molecule has 2 aliphatic heterocycles. The second-order valence-electron chi connectivity index (χ2n) is 7.75. The number of carboxylic acid groups (broad SMARTS) is 1. The third kappa shape index (κ3) is 5.03. The number of carbonyl (C=O) groups is 2. The Kier molecular flexibility index (Phi) is 5.97. The molecule has 1 saturated carbocycles. The molecule has 3 aliphatic rings. The molecule has 7 nitrogen and oxygen atoms in total. The lowest BCUT2D eigenvalue weighted by Gasteiger charge is -2.40. The number of rotatable bonds is 4. The van der Waals surface area contributed by atoms with Gasteiger partial charge in [-0.25, -0.2) is 4.79 Å². The van der Waals surface area contributed by atoms with Gasteiger partial charge in [0.25, 0.3) is 0 Å². The fraction of sp³-hybridized carbons (Fsp3) is 0.722. The van der Waals surface area contributed by atoms with E-state index in [0.29, 0.717) is 18.0 Å². The van der Waals surface area contributed by atoms with Gasteiger partial charge in [-0.3, -0.25) is 14.4 Å². The molecular formula is C18H25F3N4O3. The van der Waals surface area contributed by atoms with Crippen molar-refractivity contribution in [3.05, 3.63) is 18.0 Å². The molecule has 3 heterocycles. The summed E-state index contributed by atoms with van der Waals surface area (Å²) < 4.78 is 33.6. The number of aliphatic carboxylic acids is 1. The first-order chi connectivity index (χ1) is 13.1. The fourth-order valence-corrected chi connectivity index (χ4v) is 4.04. The van der Waals surface area contributed by atoms with Crippen molar-refractivity contribution in [2.75, 3.05) is 13.1 Å². The number of carboxylic acids is 1. The molecule has 4 rings (SSSR count). The minimum Gasteiger partial charge on any atom is -0.475 e. The van der Waals surface area contributed by atoms with Crippen LogP contribution in [0.25, 0.3) is 0 Å². The lowest BCUT2D eigenvalue weighted by Crippen LogP contribution is -2.52. The van der Waals surface area contributed by atoms with Gasteiger partial charge in [-0.2, -0.15) is 18.3 Å². The average molecular weight is 402 g/mol. The van der Waals surface area contributed by atoms with E-state index in [-0.39, 0.29) is 0 Å². The van der Waals surface area contributed by atoms with E-state index in [1.165, 1.54) is 18.4 Å². The molecule has 1 N–H and O–H groups in total. The van der Waals surface area contributed by atoms with Gasteiger partial charge in [0.1, 0.15) is 0 Å². The summed E-state index contributed by atoms with van der Waals surface area (Å²) in [5.41, 5.74) is 1.28. The number of likely N-dealkylation sites (tertiary alicyclic amines) is 2. The average Bonchev–Trinajstić information content (AvgIpc) is 3.20. The number of hydrogen-bond donors (Lipinski definition) is 1. The molecule has 2 saturated heterocycles. The summed E-state index contributed by atoms with van der Waals surface area (Å²) in [7, 11) is 1.97. The van der Waals surface area contributed by atoms with Crippen molar-refractivity contribution in [2.45, 2.75) is 56.9 Å². The van der Waals surface area contributed by atoms with Gasteiger partial charge in [-0.05, 0) is 31.6 Å². The third-order valence-corrected chi connectivity index (χ3v) is 5.54. The standard InChI is InChI=1S/C16H24N4O.C2HF3O2/c1-18-9-13(8-17-18)10-19-7-6-15-14(19)4-5-16(21)20(15)11-12-2-3-12;3-2(4,5)1(6)7/h8-9,12,14-15H,2-7,10-11H2,1H3;(H,6,7)/t14-,15-;/m1./s1. The Morgan fingerprint density at radius 2 is 1.93 bits per heavy atom. The molecule has 1 amide bonds. The van der Waals surface area contributed by atoms with Crippen molar-refractivity contribution < 1.29 is 27.9 Å². The second kappa shape index (κ2) is 8.10. The minimum atomic E-state index is -5.08. The number of carbonyl (C=O) groups excluding carboxylic acids is 1. The maximum absolute atomic E-state index is 12.3. The van der Waals surface area contributed by atoms with Gasteiger partial charge in [-0.1, -0.05) is 0 Å². The SMILES string of the molecule is Cn1cc(CN2CC[C@@H]3[C@H]2CCC(=O)N3CC2CC2)cn1.O=C(O)C(F)(F)F. The van der Waals surface area contributed by atoms with Crippen LogP contribution in [0.3, 0.4) is 0 Å². The molecule has 0 spiro atoms. The Labute approximate surface area is 161 Å². The zero-order valence-corrected chi connectivity index (χ0v) is 15.7. The first-order valence-electron chi connectivity index (χ1n) is 9.46. The molecule has 1 aliphatic carbocycles. The zero-order chi connectivity index (χ0) is 20.5. The highest BCUT2D eigenvalue weighted by molar-refractivity contribution is 5.77. The van der Waals surface area contributed by atoms with Gasteiger partial charge >= 0.3 is 12.1 Å². The number of hydrogen-bond acceptors (Lipinski definition) is 4. The quantitative estimate of drug-likeness (QED) is 0.834. The topological polar surface area (TPSA) is 78.7 Å². The molecular weight excluding hydrogens is 377 g/mol. The monoisotopic (exact) mass is 402 g/mol. The van der Waals surface area contributed by atoms with Crippen molar-refractivity contribution in [2.24, 2.45) is 13.0 Å². The van der Waals surface area contributed by atoms with Crippen LogP contribution in [0.2, 0.25) is 0 Å². The summed E-state index contributed by atoms with van der Waals surface area (Å²) in [5.74, 6) is -1.57. The van der Waals surface area contributed by atoms with Crippen LogP contribution in [0, 0.1) is 5.92 Å². The maximum atomic E-state index is 12.3. The van der Waals surface area contributed by atoms with Crippen molar-refractivity contribution in [1.82, 2.24) is 19.6 Å². The van der Waals surface area contributed by atoms with Crippen molar-refractivity contribution in [1.29, 1.82) is 0 Å². The van der Waals surface area contributed by atoms with E-state index < -0.39 is 12.1 Å². The van der Waals surface area contributed by atoms with E-state index in [4.69, 9.17) is 9.90 Å². The molecule has 10 heteroatoms. The number of aromatic nitrogens is 2. The molecule has 1 aromatic heterocycles. The van der Waals surface area contributed by atoms with Crippen LogP contribution in [-0.2, 0) is 23.2 Å². The molecule has 0 aromatic carbocycles. The van der Waals surface area contributed by atoms with Crippen LogP contribution >= 0.6 is 0 Å². The fourth-order valence-electron chi connectivity index (χ4n) is 4.04. The number of alkyl halides is 3. The predicted molar refractivity (Wildman–Crippen MR) is 93.2 cm³/mol. The van der Waals surface area contributed by atoms with Crippen LogP contribution in [0.4, 0.5) is 13.2 Å². The van der Waals surface area contributed by atoms with Crippen molar-refractivity contribution >= 4 is 11.9 Å². The number of piperidine rings is 1. The minimum absolute atomic E-state index is 0.395. The summed E-state index contributed by atoms with van der Waals surface area (Å²) in [6.45, 7) is 3.10. The predicted octanol–water partition coefficient (Wildman–Crippen LogP) is 2.03. The third-order valence-electron chi connectivity index (χ3n) is 5.54. The van der Waals surface area contributed by atoms with E-state index in [1.807, 2.05) is 17.9 Å². The van der Waals surface area contributed by atoms with Crippen molar-refractivity contribution in [3.8, 4) is 0 Å². The summed E-state index contributed by atoms with van der Waals surface area (Å²) in [4.78, 5) is 25.9. The number of amides is 1. The van der Waals surface area contributed by atoms with Gasteiger partial charge in [0, 0.05) is 56.9 Å². The highest BCUT2D eigenvalue weighted by Crippen LogP contribution is 2.36. The van der Waals surface area contributed by atoms with Gasteiger partial charge in [0.15, 0.2) is 0 Å². The normalized spacial score (nSPS) is 25.3. The van der Waals surface area contributed by atoms with Gasteiger partial charge in [0.2, 0.25) is 5.91 Å². The Morgan fingerprint density at radius 1 is 1.25 bits per heavy atom. The first-order valence-corrected chi connectivity index (χ1v) is 9.46. The largest absolute Gasteiger partial charge is 0.490 e. The number of nitrogens with zero attached hydrogens (tertiary/aromatic N) is 4. The Morgan fingerprint density at radius 3 is 2.46 bits per heavy atom. The van der Waals surface area contributed by atoms with E-state index in [0.717, 1.165) is 44.8 Å². The van der Waals surface area contributed by atoms with Crippen LogP contribution in [0.15, 0.2) is 12.4 Å². The van der Waals surface area contributed by atoms with E-state index in [9.17, 15) is 18.0 Å². The smallest absolute Gasteiger partial charge is 0.475 e. The van der Waals surface area contributed by atoms with E-state index >= 15 is 0 Å². The molecule has 0 radical (unpaired) electrons. The van der Waals surface area contributed by atoms with Gasteiger partial charge in [-0.15, -0.1) is 0 Å². The molecule has 0 bridgehead atoms. The lowest BCUT2D eigenvalue weighted by atomic mass is 9.95. The maximum Gasteiger partial charge on any atom is 0.490 e. The molecule has 1 aromatic rings. The van der Waals surface area contributed by atoms with Crippen LogP contribution in [0.5, 0.6) is 0 Å². The first kappa shape index (κ1) is 20.6.